The van der Waals surface area contributed by atoms with Crippen LogP contribution in [0.15, 0.2) is 42.5 Å². The predicted molar refractivity (Wildman–Crippen MR) is 101 cm³/mol. The number of benzene rings is 2. The van der Waals surface area contributed by atoms with E-state index in [1.165, 1.54) is 27.8 Å². The Kier molecular flexibility index (Phi) is 7.01. The first-order valence-corrected chi connectivity index (χ1v) is 9.06. The summed E-state index contributed by atoms with van der Waals surface area (Å²) >= 11 is 0. The second-order valence-electron chi connectivity index (χ2n) is 7.10. The Morgan fingerprint density at radius 3 is 2.17 bits per heavy atom. The van der Waals surface area contributed by atoms with Crippen LogP contribution in [0.3, 0.4) is 0 Å². The lowest BCUT2D eigenvalue weighted by Gasteiger charge is -2.23. The van der Waals surface area contributed by atoms with Gasteiger partial charge in [-0.05, 0) is 56.9 Å². The zero-order valence-corrected chi connectivity index (χ0v) is 15.8. The summed E-state index contributed by atoms with van der Waals surface area (Å²) in [4.78, 5) is 0. The molecule has 0 amide bonds. The highest BCUT2D eigenvalue weighted by molar-refractivity contribution is 5.43. The molecule has 2 nitrogen and oxygen atoms in total. The second-order valence-corrected chi connectivity index (χ2v) is 7.10. The van der Waals surface area contributed by atoms with Gasteiger partial charge in [0.1, 0.15) is 6.10 Å². The van der Waals surface area contributed by atoms with Gasteiger partial charge in [0.25, 0.3) is 0 Å². The van der Waals surface area contributed by atoms with Gasteiger partial charge < -0.3 is 10.1 Å². The number of quaternary nitrogens is 1. The molecule has 2 aromatic carbocycles. The van der Waals surface area contributed by atoms with E-state index in [9.17, 15) is 0 Å². The van der Waals surface area contributed by atoms with Gasteiger partial charge in [0, 0.05) is 6.42 Å². The molecule has 130 valence electrons. The summed E-state index contributed by atoms with van der Waals surface area (Å²) in [5.74, 6) is 0. The quantitative estimate of drug-likeness (QED) is 0.727. The van der Waals surface area contributed by atoms with Crippen LogP contribution in [0.2, 0.25) is 0 Å². The van der Waals surface area contributed by atoms with E-state index >= 15 is 0 Å². The second kappa shape index (κ2) is 9.00. The Morgan fingerprint density at radius 2 is 1.58 bits per heavy atom. The van der Waals surface area contributed by atoms with Gasteiger partial charge in [-0.3, -0.25) is 0 Å². The molecule has 0 heterocycles. The third kappa shape index (κ3) is 5.19. The van der Waals surface area contributed by atoms with E-state index in [-0.39, 0.29) is 6.10 Å². The lowest BCUT2D eigenvalue weighted by molar-refractivity contribution is -0.683. The molecule has 2 heteroatoms. The van der Waals surface area contributed by atoms with Crippen LogP contribution in [-0.4, -0.2) is 19.2 Å². The van der Waals surface area contributed by atoms with Gasteiger partial charge in [0.05, 0.1) is 19.2 Å². The highest BCUT2D eigenvalue weighted by Crippen LogP contribution is 2.31. The van der Waals surface area contributed by atoms with Crippen LogP contribution in [0.4, 0.5) is 0 Å². The molecule has 0 spiro atoms. The number of hydrogen-bond donors (Lipinski definition) is 1. The van der Waals surface area contributed by atoms with Crippen LogP contribution in [0, 0.1) is 20.8 Å². The Morgan fingerprint density at radius 1 is 0.958 bits per heavy atom. The highest BCUT2D eigenvalue weighted by Gasteiger charge is 2.19. The third-order valence-electron chi connectivity index (χ3n) is 4.37. The van der Waals surface area contributed by atoms with E-state index in [4.69, 9.17) is 4.74 Å². The minimum Gasteiger partial charge on any atom is -0.369 e. The van der Waals surface area contributed by atoms with Gasteiger partial charge in [-0.1, -0.05) is 48.0 Å². The Balaban J connectivity index is 2.19. The Hall–Kier alpha value is -1.64. The van der Waals surface area contributed by atoms with Crippen molar-refractivity contribution in [2.24, 2.45) is 0 Å². The van der Waals surface area contributed by atoms with Crippen molar-refractivity contribution in [3.8, 4) is 0 Å². The van der Waals surface area contributed by atoms with Crippen molar-refractivity contribution in [1.29, 1.82) is 0 Å². The number of ether oxygens (including phenoxy) is 1. The van der Waals surface area contributed by atoms with Gasteiger partial charge in [0.2, 0.25) is 0 Å². The molecule has 2 aromatic rings. The summed E-state index contributed by atoms with van der Waals surface area (Å²) in [5.41, 5.74) is 6.50. The molecule has 0 fully saturated rings. The van der Waals surface area contributed by atoms with Crippen LogP contribution in [0.25, 0.3) is 0 Å². The number of nitrogens with two attached hydrogens (primary N) is 1. The van der Waals surface area contributed by atoms with E-state index in [2.05, 4.69) is 82.4 Å². The minimum absolute atomic E-state index is 0.0193. The number of aryl methyl sites for hydroxylation is 3. The summed E-state index contributed by atoms with van der Waals surface area (Å²) in [6, 6.07) is 15.8. The first-order chi connectivity index (χ1) is 11.5. The smallest absolute Gasteiger partial charge is 0.108 e. The first kappa shape index (κ1) is 18.7. The van der Waals surface area contributed by atoms with Crippen LogP contribution in [0.5, 0.6) is 0 Å². The first-order valence-electron chi connectivity index (χ1n) is 9.06. The maximum Gasteiger partial charge on any atom is 0.108 e. The van der Waals surface area contributed by atoms with Crippen molar-refractivity contribution in [3.05, 3.63) is 70.3 Å². The van der Waals surface area contributed by atoms with Gasteiger partial charge >= 0.3 is 0 Å². The van der Waals surface area contributed by atoms with Gasteiger partial charge in [-0.15, -0.1) is 0 Å². The molecule has 2 rings (SSSR count). The normalized spacial score (nSPS) is 12.6. The molecule has 0 aliphatic carbocycles. The standard InChI is InChI=1S/C22H31NO/c1-16(2)23-12-9-13-24-22(20-10-7-6-8-11-20)21-18(4)14-17(3)15-19(21)5/h6-8,10-11,14-16,22-23H,9,12-13H2,1-5H3/p+1/t22-/m1/s1. The summed E-state index contributed by atoms with van der Waals surface area (Å²) in [5, 5.41) is 2.36. The van der Waals surface area contributed by atoms with E-state index in [0.29, 0.717) is 6.04 Å². The largest absolute Gasteiger partial charge is 0.369 e. The summed E-state index contributed by atoms with van der Waals surface area (Å²) in [6.07, 6.45) is 1.09. The monoisotopic (exact) mass is 326 g/mol. The number of rotatable bonds is 8. The van der Waals surface area contributed by atoms with Gasteiger partial charge in [-0.25, -0.2) is 0 Å². The molecule has 0 saturated heterocycles. The molecule has 24 heavy (non-hydrogen) atoms. The lowest BCUT2D eigenvalue weighted by Crippen LogP contribution is -2.88. The zero-order valence-electron chi connectivity index (χ0n) is 15.8. The molecule has 0 saturated carbocycles. The fourth-order valence-corrected chi connectivity index (χ4v) is 3.31. The minimum atomic E-state index is 0.0193. The van der Waals surface area contributed by atoms with Crippen molar-refractivity contribution in [2.45, 2.75) is 53.2 Å². The molecule has 0 radical (unpaired) electrons. The van der Waals surface area contributed by atoms with Crippen molar-refractivity contribution >= 4 is 0 Å². The van der Waals surface area contributed by atoms with Crippen molar-refractivity contribution in [3.63, 3.8) is 0 Å². The third-order valence-corrected chi connectivity index (χ3v) is 4.37. The summed E-state index contributed by atoms with van der Waals surface area (Å²) < 4.78 is 6.38. The average Bonchev–Trinajstić information content (AvgIpc) is 2.52. The molecule has 0 bridgehead atoms. The summed E-state index contributed by atoms with van der Waals surface area (Å²) in [6.45, 7) is 12.9. The maximum absolute atomic E-state index is 6.38. The van der Waals surface area contributed by atoms with Crippen molar-refractivity contribution in [2.75, 3.05) is 13.2 Å². The molecular formula is C22H32NO+. The Labute approximate surface area is 147 Å². The number of hydrogen-bond acceptors (Lipinski definition) is 1. The maximum atomic E-state index is 6.38. The summed E-state index contributed by atoms with van der Waals surface area (Å²) in [7, 11) is 0. The molecular weight excluding hydrogens is 294 g/mol. The van der Waals surface area contributed by atoms with Crippen molar-refractivity contribution < 1.29 is 10.1 Å². The van der Waals surface area contributed by atoms with Gasteiger partial charge in [-0.2, -0.15) is 0 Å². The van der Waals surface area contributed by atoms with Crippen LogP contribution >= 0.6 is 0 Å². The van der Waals surface area contributed by atoms with Gasteiger partial charge in [0.15, 0.2) is 0 Å². The molecule has 0 aliphatic heterocycles. The molecule has 2 N–H and O–H groups in total. The molecule has 0 aliphatic rings. The van der Waals surface area contributed by atoms with Crippen LogP contribution in [-0.2, 0) is 4.74 Å². The van der Waals surface area contributed by atoms with Crippen molar-refractivity contribution in [1.82, 2.24) is 0 Å². The average molecular weight is 327 g/mol. The topological polar surface area (TPSA) is 25.8 Å². The van der Waals surface area contributed by atoms with E-state index in [0.717, 1.165) is 19.6 Å². The zero-order chi connectivity index (χ0) is 17.5. The van der Waals surface area contributed by atoms with Crippen LogP contribution in [0.1, 0.15) is 54.2 Å². The predicted octanol–water partition coefficient (Wildman–Crippen LogP) is 4.08. The van der Waals surface area contributed by atoms with E-state index < -0.39 is 0 Å². The fraction of sp³-hybridized carbons (Fsp3) is 0.455. The van der Waals surface area contributed by atoms with E-state index in [1.54, 1.807) is 0 Å². The molecule has 1 atom stereocenters. The Bertz CT molecular complexity index is 611. The van der Waals surface area contributed by atoms with E-state index in [1.807, 2.05) is 0 Å². The SMILES string of the molecule is Cc1cc(C)c([C@H](OCCC[NH2+]C(C)C)c2ccccc2)c(C)c1. The molecule has 0 unspecified atom stereocenters. The fourth-order valence-electron chi connectivity index (χ4n) is 3.31. The lowest BCUT2D eigenvalue weighted by atomic mass is 9.92. The highest BCUT2D eigenvalue weighted by atomic mass is 16.5. The van der Waals surface area contributed by atoms with Crippen LogP contribution < -0.4 is 5.32 Å². The molecule has 0 aromatic heterocycles.